The first kappa shape index (κ1) is 21.8. The molecule has 3 N–H and O–H groups in total. The summed E-state index contributed by atoms with van der Waals surface area (Å²) in [5, 5.41) is 11.0. The number of anilines is 1. The van der Waals surface area contributed by atoms with E-state index in [1.165, 1.54) is 25.3 Å². The molecule has 0 saturated carbocycles. The molecule has 3 aromatic carbocycles. The molecule has 4 aromatic rings. The summed E-state index contributed by atoms with van der Waals surface area (Å²) in [7, 11) is -2.59. The van der Waals surface area contributed by atoms with Crippen LogP contribution in [0.3, 0.4) is 0 Å². The standard InChI is InChI=1S/C22H19ClN4O4S/c1-31-20-9-4-15(22(28)26-18-7-8-19-16(10-18)13-24-27-19)11-21(20)32(29,30)25-12-14-2-5-17(23)6-3-14/h2-11,13,25H,12H2,1H3,(H,24,27)(H,26,28). The minimum Gasteiger partial charge on any atom is -0.495 e. The zero-order chi connectivity index (χ0) is 22.7. The Kier molecular flexibility index (Phi) is 6.13. The van der Waals surface area contributed by atoms with E-state index in [4.69, 9.17) is 16.3 Å². The van der Waals surface area contributed by atoms with E-state index >= 15 is 0 Å². The number of aromatic nitrogens is 2. The van der Waals surface area contributed by atoms with Crippen LogP contribution in [0.1, 0.15) is 15.9 Å². The number of amides is 1. The third-order valence-electron chi connectivity index (χ3n) is 4.79. The van der Waals surface area contributed by atoms with Crippen molar-refractivity contribution in [2.24, 2.45) is 0 Å². The lowest BCUT2D eigenvalue weighted by Gasteiger charge is -2.13. The normalized spacial score (nSPS) is 11.4. The molecule has 0 aliphatic carbocycles. The topological polar surface area (TPSA) is 113 Å². The Morgan fingerprint density at radius 3 is 2.62 bits per heavy atom. The second-order valence-corrected chi connectivity index (χ2v) is 9.11. The molecule has 4 rings (SSSR count). The molecule has 0 saturated heterocycles. The molecule has 1 amide bonds. The largest absolute Gasteiger partial charge is 0.495 e. The first-order valence-electron chi connectivity index (χ1n) is 9.52. The van der Waals surface area contributed by atoms with Crippen LogP contribution in [0, 0.1) is 0 Å². The fraction of sp³-hybridized carbons (Fsp3) is 0.0909. The van der Waals surface area contributed by atoms with Crippen LogP contribution in [-0.4, -0.2) is 31.6 Å². The summed E-state index contributed by atoms with van der Waals surface area (Å²) in [4.78, 5) is 12.6. The number of hydrogen-bond donors (Lipinski definition) is 3. The maximum absolute atomic E-state index is 12.9. The number of benzene rings is 3. The van der Waals surface area contributed by atoms with Gasteiger partial charge in [-0.05, 0) is 54.1 Å². The van der Waals surface area contributed by atoms with Gasteiger partial charge in [0.25, 0.3) is 5.91 Å². The number of methoxy groups -OCH3 is 1. The van der Waals surface area contributed by atoms with Crippen LogP contribution in [0.15, 0.2) is 71.8 Å². The lowest BCUT2D eigenvalue weighted by molar-refractivity contribution is 0.102. The number of H-pyrrole nitrogens is 1. The van der Waals surface area contributed by atoms with Crippen molar-refractivity contribution in [3.05, 3.63) is 83.0 Å². The van der Waals surface area contributed by atoms with Crippen molar-refractivity contribution in [2.45, 2.75) is 11.4 Å². The van der Waals surface area contributed by atoms with Gasteiger partial charge in [0.1, 0.15) is 10.6 Å². The Balaban J connectivity index is 1.56. The van der Waals surface area contributed by atoms with Gasteiger partial charge in [0.15, 0.2) is 0 Å². The first-order valence-corrected chi connectivity index (χ1v) is 11.4. The smallest absolute Gasteiger partial charge is 0.255 e. The van der Waals surface area contributed by atoms with Crippen LogP contribution in [0.4, 0.5) is 5.69 Å². The molecule has 1 aromatic heterocycles. The molecule has 0 unspecified atom stereocenters. The van der Waals surface area contributed by atoms with Crippen molar-refractivity contribution in [3.8, 4) is 5.75 Å². The number of carbonyl (C=O) groups excluding carboxylic acids is 1. The van der Waals surface area contributed by atoms with Gasteiger partial charge >= 0.3 is 0 Å². The summed E-state index contributed by atoms with van der Waals surface area (Å²) < 4.78 is 33.6. The van der Waals surface area contributed by atoms with Gasteiger partial charge in [-0.2, -0.15) is 5.10 Å². The van der Waals surface area contributed by atoms with Gasteiger partial charge in [-0.3, -0.25) is 9.89 Å². The molecular weight excluding hydrogens is 452 g/mol. The van der Waals surface area contributed by atoms with Crippen molar-refractivity contribution < 1.29 is 17.9 Å². The minimum absolute atomic E-state index is 0.0593. The summed E-state index contributed by atoms with van der Waals surface area (Å²) in [5.41, 5.74) is 2.31. The molecule has 1 heterocycles. The number of aromatic amines is 1. The number of rotatable bonds is 7. The van der Waals surface area contributed by atoms with Gasteiger partial charge in [-0.25, -0.2) is 13.1 Å². The molecule has 0 bridgehead atoms. The fourth-order valence-corrected chi connectivity index (χ4v) is 4.45. The minimum atomic E-state index is -3.96. The first-order chi connectivity index (χ1) is 15.4. The van der Waals surface area contributed by atoms with Crippen LogP contribution < -0.4 is 14.8 Å². The number of halogens is 1. The van der Waals surface area contributed by atoms with Gasteiger partial charge < -0.3 is 10.1 Å². The van der Waals surface area contributed by atoms with Crippen molar-refractivity contribution >= 4 is 44.1 Å². The van der Waals surface area contributed by atoms with Crippen molar-refractivity contribution in [1.29, 1.82) is 0 Å². The Labute approximate surface area is 189 Å². The fourth-order valence-electron chi connectivity index (χ4n) is 3.11. The van der Waals surface area contributed by atoms with Crippen LogP contribution in [-0.2, 0) is 16.6 Å². The Hall–Kier alpha value is -3.40. The molecule has 0 aliphatic rings. The number of fused-ring (bicyclic) bond motifs is 1. The maximum Gasteiger partial charge on any atom is 0.255 e. The Morgan fingerprint density at radius 1 is 1.09 bits per heavy atom. The van der Waals surface area contributed by atoms with E-state index in [0.717, 1.165) is 16.5 Å². The molecule has 10 heteroatoms. The second kappa shape index (κ2) is 8.99. The third-order valence-corrected chi connectivity index (χ3v) is 6.47. The Morgan fingerprint density at radius 2 is 1.88 bits per heavy atom. The molecule has 0 spiro atoms. The monoisotopic (exact) mass is 470 g/mol. The predicted octanol–water partition coefficient (Wildman–Crippen LogP) is 3.96. The SMILES string of the molecule is COc1ccc(C(=O)Nc2ccc3[nH]ncc3c2)cc1S(=O)(=O)NCc1ccc(Cl)cc1. The van der Waals surface area contributed by atoms with Gasteiger partial charge in [-0.15, -0.1) is 0 Å². The highest BCUT2D eigenvalue weighted by Gasteiger charge is 2.22. The lowest BCUT2D eigenvalue weighted by Crippen LogP contribution is -2.24. The van der Waals surface area contributed by atoms with Gasteiger partial charge in [0.05, 0.1) is 18.8 Å². The molecule has 0 radical (unpaired) electrons. The van der Waals surface area contributed by atoms with E-state index in [0.29, 0.717) is 10.7 Å². The quantitative estimate of drug-likeness (QED) is 0.378. The molecule has 164 valence electrons. The molecule has 32 heavy (non-hydrogen) atoms. The summed E-state index contributed by atoms with van der Waals surface area (Å²) in [6.45, 7) is 0.0593. The van der Waals surface area contributed by atoms with E-state index in [-0.39, 0.29) is 22.8 Å². The highest BCUT2D eigenvalue weighted by Crippen LogP contribution is 2.26. The molecule has 0 fully saturated rings. The van der Waals surface area contributed by atoms with E-state index in [9.17, 15) is 13.2 Å². The molecular formula is C22H19ClN4O4S. The summed E-state index contributed by atoms with van der Waals surface area (Å²) >= 11 is 5.87. The molecule has 0 atom stereocenters. The average Bonchev–Trinajstić information content (AvgIpc) is 3.26. The number of nitrogens with zero attached hydrogens (tertiary/aromatic N) is 1. The lowest BCUT2D eigenvalue weighted by atomic mass is 10.2. The molecule has 8 nitrogen and oxygen atoms in total. The Bertz CT molecular complexity index is 1380. The number of ether oxygens (including phenoxy) is 1. The predicted molar refractivity (Wildman–Crippen MR) is 123 cm³/mol. The zero-order valence-corrected chi connectivity index (χ0v) is 18.5. The summed E-state index contributed by atoms with van der Waals surface area (Å²) in [6, 6.07) is 16.3. The number of carbonyl (C=O) groups is 1. The highest BCUT2D eigenvalue weighted by molar-refractivity contribution is 7.89. The maximum atomic E-state index is 12.9. The summed E-state index contributed by atoms with van der Waals surface area (Å²) in [5.74, 6) is -0.324. The van der Waals surface area contributed by atoms with E-state index < -0.39 is 15.9 Å². The highest BCUT2D eigenvalue weighted by atomic mass is 35.5. The number of nitrogens with one attached hydrogen (secondary N) is 3. The van der Waals surface area contributed by atoms with Crippen molar-refractivity contribution in [2.75, 3.05) is 12.4 Å². The van der Waals surface area contributed by atoms with Crippen LogP contribution in [0.25, 0.3) is 10.9 Å². The average molecular weight is 471 g/mol. The van der Waals surface area contributed by atoms with E-state index in [1.807, 2.05) is 0 Å². The molecule has 0 aliphatic heterocycles. The van der Waals surface area contributed by atoms with E-state index in [1.54, 1.807) is 48.7 Å². The van der Waals surface area contributed by atoms with Crippen LogP contribution >= 0.6 is 11.6 Å². The van der Waals surface area contributed by atoms with Crippen LogP contribution in [0.5, 0.6) is 5.75 Å². The zero-order valence-electron chi connectivity index (χ0n) is 16.9. The third kappa shape index (κ3) is 4.75. The second-order valence-electron chi connectivity index (χ2n) is 6.94. The van der Waals surface area contributed by atoms with E-state index in [2.05, 4.69) is 20.2 Å². The van der Waals surface area contributed by atoms with Gasteiger partial charge in [0.2, 0.25) is 10.0 Å². The van der Waals surface area contributed by atoms with Crippen molar-refractivity contribution in [3.63, 3.8) is 0 Å². The van der Waals surface area contributed by atoms with Gasteiger partial charge in [0, 0.05) is 28.2 Å². The van der Waals surface area contributed by atoms with Crippen LogP contribution in [0.2, 0.25) is 5.02 Å². The number of hydrogen-bond acceptors (Lipinski definition) is 5. The number of sulfonamides is 1. The van der Waals surface area contributed by atoms with Crippen molar-refractivity contribution in [1.82, 2.24) is 14.9 Å². The van der Waals surface area contributed by atoms with Gasteiger partial charge in [-0.1, -0.05) is 23.7 Å². The summed E-state index contributed by atoms with van der Waals surface area (Å²) in [6.07, 6.45) is 1.65.